The highest BCUT2D eigenvalue weighted by molar-refractivity contribution is 5.95. The first-order chi connectivity index (χ1) is 16.4. The van der Waals surface area contributed by atoms with Crippen molar-refractivity contribution in [2.24, 2.45) is 0 Å². The van der Waals surface area contributed by atoms with Crippen molar-refractivity contribution in [2.75, 3.05) is 11.9 Å². The molecular weight excluding hydrogens is 441 g/mol. The second-order valence-corrected chi connectivity index (χ2v) is 8.15. The zero-order valence-corrected chi connectivity index (χ0v) is 18.5. The number of nitrogens with zero attached hydrogens (tertiary/aromatic N) is 3. The minimum atomic E-state index is -1.11. The van der Waals surface area contributed by atoms with E-state index in [1.807, 2.05) is 6.07 Å². The zero-order valence-electron chi connectivity index (χ0n) is 18.5. The molecule has 4 N–H and O–H groups in total. The molecule has 2 aromatic heterocycles. The van der Waals surface area contributed by atoms with Gasteiger partial charge in [-0.3, -0.25) is 14.3 Å². The Morgan fingerprint density at radius 3 is 2.74 bits per heavy atom. The Morgan fingerprint density at radius 2 is 2.00 bits per heavy atom. The summed E-state index contributed by atoms with van der Waals surface area (Å²) < 4.78 is 14.8. The number of halogens is 1. The number of hydrogen-bond acceptors (Lipinski definition) is 6. The Kier molecular flexibility index (Phi) is 7.17. The molecule has 178 valence electrons. The first-order valence-electron chi connectivity index (χ1n) is 11.1. The Bertz CT molecular complexity index is 1180. The second-order valence-electron chi connectivity index (χ2n) is 8.15. The van der Waals surface area contributed by atoms with Crippen LogP contribution < -0.4 is 10.6 Å². The van der Waals surface area contributed by atoms with E-state index in [2.05, 4.69) is 26.8 Å². The zero-order chi connectivity index (χ0) is 24.1. The predicted molar refractivity (Wildman–Crippen MR) is 122 cm³/mol. The van der Waals surface area contributed by atoms with Crippen molar-refractivity contribution in [3.05, 3.63) is 76.5 Å². The van der Waals surface area contributed by atoms with Gasteiger partial charge in [-0.2, -0.15) is 5.10 Å². The van der Waals surface area contributed by atoms with Crippen LogP contribution in [0, 0.1) is 5.82 Å². The molecule has 3 heterocycles. The van der Waals surface area contributed by atoms with Gasteiger partial charge >= 0.3 is 5.97 Å². The van der Waals surface area contributed by atoms with Gasteiger partial charge in [-0.15, -0.1) is 0 Å². The van der Waals surface area contributed by atoms with Crippen molar-refractivity contribution < 1.29 is 24.2 Å². The van der Waals surface area contributed by atoms with E-state index in [0.717, 1.165) is 30.9 Å². The van der Waals surface area contributed by atoms with Crippen molar-refractivity contribution in [3.63, 3.8) is 0 Å². The molecule has 1 aliphatic rings. The highest BCUT2D eigenvalue weighted by Gasteiger charge is 2.23. The Balaban J connectivity index is 1.47. The average Bonchev–Trinajstić information content (AvgIpc) is 3.25. The molecule has 10 heteroatoms. The van der Waals surface area contributed by atoms with E-state index in [-0.39, 0.29) is 12.0 Å². The maximum Gasteiger partial charge on any atom is 0.305 e. The summed E-state index contributed by atoms with van der Waals surface area (Å²) in [5.74, 6) is -1.24. The molecule has 1 amide bonds. The molecule has 4 rings (SSSR count). The molecule has 1 aliphatic heterocycles. The van der Waals surface area contributed by atoms with Gasteiger partial charge in [0.25, 0.3) is 5.91 Å². The predicted octanol–water partition coefficient (Wildman–Crippen LogP) is 2.46. The summed E-state index contributed by atoms with van der Waals surface area (Å²) in [7, 11) is 0. The van der Waals surface area contributed by atoms with Crippen molar-refractivity contribution in [2.45, 2.75) is 44.9 Å². The number of carboxylic acid groups (broad SMARTS) is 1. The monoisotopic (exact) mass is 467 g/mol. The minimum Gasteiger partial charge on any atom is -0.481 e. The van der Waals surface area contributed by atoms with Crippen molar-refractivity contribution in [1.29, 1.82) is 0 Å². The maximum absolute atomic E-state index is 13.3. The molecule has 9 nitrogen and oxygen atoms in total. The summed E-state index contributed by atoms with van der Waals surface area (Å²) in [5.41, 5.74) is 3.00. The molecular formula is C24H26FN5O4. The highest BCUT2D eigenvalue weighted by atomic mass is 19.1. The van der Waals surface area contributed by atoms with E-state index in [0.29, 0.717) is 24.2 Å². The summed E-state index contributed by atoms with van der Waals surface area (Å²) in [6.45, 7) is 0.893. The van der Waals surface area contributed by atoms with Crippen LogP contribution in [0.25, 0.3) is 0 Å². The number of aliphatic carboxylic acids is 1. The van der Waals surface area contributed by atoms with Crippen LogP contribution in [0.15, 0.2) is 42.6 Å². The Morgan fingerprint density at radius 1 is 1.21 bits per heavy atom. The topological polar surface area (TPSA) is 129 Å². The third-order valence-corrected chi connectivity index (χ3v) is 5.83. The lowest BCUT2D eigenvalue weighted by Gasteiger charge is -2.18. The smallest absolute Gasteiger partial charge is 0.305 e. The van der Waals surface area contributed by atoms with E-state index in [1.165, 1.54) is 36.0 Å². The quantitative estimate of drug-likeness (QED) is 0.380. The third-order valence-electron chi connectivity index (χ3n) is 5.83. The molecule has 34 heavy (non-hydrogen) atoms. The van der Waals surface area contributed by atoms with Crippen LogP contribution in [-0.4, -0.2) is 43.4 Å². The molecule has 0 aliphatic carbocycles. The van der Waals surface area contributed by atoms with Gasteiger partial charge in [0.15, 0.2) is 0 Å². The molecule has 0 saturated heterocycles. The number of benzene rings is 1. The van der Waals surface area contributed by atoms with Crippen molar-refractivity contribution in [1.82, 2.24) is 20.1 Å². The van der Waals surface area contributed by atoms with Crippen molar-refractivity contribution in [3.8, 4) is 0 Å². The largest absolute Gasteiger partial charge is 0.481 e. The van der Waals surface area contributed by atoms with Gasteiger partial charge in [0.05, 0.1) is 36.5 Å². The van der Waals surface area contributed by atoms with E-state index in [9.17, 15) is 24.2 Å². The summed E-state index contributed by atoms with van der Waals surface area (Å²) in [5, 5.41) is 29.4. The fourth-order valence-electron chi connectivity index (χ4n) is 4.05. The minimum absolute atomic E-state index is 0.153. The molecule has 1 aromatic carbocycles. The maximum atomic E-state index is 13.3. The summed E-state index contributed by atoms with van der Waals surface area (Å²) in [6.07, 6.45) is 3.62. The summed E-state index contributed by atoms with van der Waals surface area (Å²) >= 11 is 0. The molecule has 0 saturated carbocycles. The van der Waals surface area contributed by atoms with Gasteiger partial charge < -0.3 is 20.8 Å². The van der Waals surface area contributed by atoms with Gasteiger partial charge in [0, 0.05) is 25.2 Å². The fourth-order valence-corrected chi connectivity index (χ4v) is 4.05. The standard InChI is InChI=1S/C24H26FN5O4/c25-17-6-3-15(4-7-17)20(12-22(32)33)29-24(34)19-13-27-30(21(19)14-31)11-9-18-8-5-16-2-1-10-26-23(16)28-18/h3-8,13,20,31H,1-2,9-12,14H2,(H,26,28)(H,29,34)(H,32,33). The van der Waals surface area contributed by atoms with E-state index >= 15 is 0 Å². The molecule has 1 unspecified atom stereocenters. The lowest BCUT2D eigenvalue weighted by atomic mass is 10.0. The van der Waals surface area contributed by atoms with Crippen LogP contribution >= 0.6 is 0 Å². The molecule has 0 radical (unpaired) electrons. The van der Waals surface area contributed by atoms with Gasteiger partial charge in [-0.1, -0.05) is 18.2 Å². The lowest BCUT2D eigenvalue weighted by molar-refractivity contribution is -0.137. The van der Waals surface area contributed by atoms with Gasteiger partial charge in [-0.05, 0) is 42.2 Å². The van der Waals surface area contributed by atoms with Gasteiger partial charge in [0.1, 0.15) is 11.6 Å². The number of fused-ring (bicyclic) bond motifs is 1. The molecule has 3 aromatic rings. The fraction of sp³-hybridized carbons (Fsp3) is 0.333. The first-order valence-corrected chi connectivity index (χ1v) is 11.1. The number of anilines is 1. The summed E-state index contributed by atoms with van der Waals surface area (Å²) in [6, 6.07) is 8.44. The Labute approximate surface area is 195 Å². The van der Waals surface area contributed by atoms with Crippen LogP contribution in [0.2, 0.25) is 0 Å². The number of aliphatic hydroxyl groups excluding tert-OH is 1. The molecule has 1 atom stereocenters. The normalized spacial score (nSPS) is 13.6. The number of rotatable bonds is 9. The van der Waals surface area contributed by atoms with Crippen LogP contribution in [0.4, 0.5) is 10.2 Å². The average molecular weight is 468 g/mol. The third kappa shape index (κ3) is 5.40. The van der Waals surface area contributed by atoms with Crippen LogP contribution in [0.5, 0.6) is 0 Å². The highest BCUT2D eigenvalue weighted by Crippen LogP contribution is 2.21. The number of nitrogens with one attached hydrogen (secondary N) is 2. The lowest BCUT2D eigenvalue weighted by Crippen LogP contribution is -2.30. The number of carbonyl (C=O) groups is 2. The number of hydrogen-bond donors (Lipinski definition) is 4. The second kappa shape index (κ2) is 10.4. The molecule has 0 fully saturated rings. The van der Waals surface area contributed by atoms with Crippen LogP contribution in [0.1, 0.15) is 51.8 Å². The number of pyridine rings is 1. The Hall–Kier alpha value is -3.79. The number of carboxylic acids is 1. The SMILES string of the molecule is O=C(O)CC(NC(=O)c1cnn(CCc2ccc3c(n2)NCCC3)c1CO)c1ccc(F)cc1. The van der Waals surface area contributed by atoms with Crippen LogP contribution in [0.3, 0.4) is 0 Å². The number of aliphatic hydroxyl groups is 1. The molecule has 0 bridgehead atoms. The first kappa shape index (κ1) is 23.4. The van der Waals surface area contributed by atoms with Crippen LogP contribution in [-0.2, 0) is 30.8 Å². The van der Waals surface area contributed by atoms with E-state index < -0.39 is 30.3 Å². The molecule has 0 spiro atoms. The number of aryl methyl sites for hydroxylation is 3. The van der Waals surface area contributed by atoms with E-state index in [1.54, 1.807) is 4.68 Å². The van der Waals surface area contributed by atoms with Gasteiger partial charge in [0.2, 0.25) is 0 Å². The van der Waals surface area contributed by atoms with Crippen molar-refractivity contribution >= 4 is 17.7 Å². The van der Waals surface area contributed by atoms with E-state index in [4.69, 9.17) is 0 Å². The van der Waals surface area contributed by atoms with Gasteiger partial charge in [-0.25, -0.2) is 9.37 Å². The summed E-state index contributed by atoms with van der Waals surface area (Å²) in [4.78, 5) is 28.9. The number of carbonyl (C=O) groups excluding carboxylic acids is 1. The number of amides is 1. The number of aromatic nitrogens is 3.